The predicted molar refractivity (Wildman–Crippen MR) is 99.8 cm³/mol. The van der Waals surface area contributed by atoms with E-state index in [1.807, 2.05) is 6.92 Å². The molecule has 0 bridgehead atoms. The average molecular weight is 419 g/mol. The fourth-order valence-corrected chi connectivity index (χ4v) is 3.66. The Hall–Kier alpha value is -3.27. The van der Waals surface area contributed by atoms with Gasteiger partial charge in [0.2, 0.25) is 5.43 Å². The van der Waals surface area contributed by atoms with E-state index in [0.717, 1.165) is 6.07 Å². The molecule has 0 aliphatic carbocycles. The third-order valence-corrected chi connectivity index (χ3v) is 5.20. The largest absolute Gasteiger partial charge is 0.503 e. The Balaban J connectivity index is 1.61. The first-order chi connectivity index (χ1) is 14.3. The highest BCUT2D eigenvalue weighted by atomic mass is 19.1. The van der Waals surface area contributed by atoms with E-state index >= 15 is 0 Å². The number of ether oxygens (including phenoxy) is 1. The van der Waals surface area contributed by atoms with Crippen molar-refractivity contribution >= 4 is 11.8 Å². The van der Waals surface area contributed by atoms with Gasteiger partial charge in [0, 0.05) is 30.9 Å². The maximum atomic E-state index is 13.7. The van der Waals surface area contributed by atoms with Gasteiger partial charge in [0.05, 0.1) is 13.2 Å². The summed E-state index contributed by atoms with van der Waals surface area (Å²) in [5.41, 5.74) is -1.57. The lowest BCUT2D eigenvalue weighted by Crippen LogP contribution is -2.55. The van der Waals surface area contributed by atoms with E-state index in [4.69, 9.17) is 4.74 Å². The van der Waals surface area contributed by atoms with Gasteiger partial charge in [-0.1, -0.05) is 13.0 Å². The first-order valence-corrected chi connectivity index (χ1v) is 9.37. The molecule has 2 amide bonds. The van der Waals surface area contributed by atoms with Crippen LogP contribution in [0.4, 0.5) is 8.78 Å². The standard InChI is InChI=1S/C20H19F2N3O5/c1-10-6-25-15(30-9-10)8-24-7-13(17(26)18(27)16(24)20(25)29)19(28)23-5-11-2-3-12(21)4-14(11)22/h2-4,7,10,15,27H,5-6,8-9H2,1H3,(H,23,28)/t10-,15+/m1/s1. The van der Waals surface area contributed by atoms with E-state index in [9.17, 15) is 28.3 Å². The summed E-state index contributed by atoms with van der Waals surface area (Å²) in [6.45, 7) is 2.68. The van der Waals surface area contributed by atoms with Crippen molar-refractivity contribution in [1.82, 2.24) is 14.8 Å². The van der Waals surface area contributed by atoms with Crippen molar-refractivity contribution in [2.75, 3.05) is 13.2 Å². The van der Waals surface area contributed by atoms with Gasteiger partial charge in [0.25, 0.3) is 11.8 Å². The van der Waals surface area contributed by atoms with Crippen molar-refractivity contribution < 1.29 is 28.2 Å². The van der Waals surface area contributed by atoms with Crippen LogP contribution in [0.1, 0.15) is 33.3 Å². The van der Waals surface area contributed by atoms with Gasteiger partial charge in [-0.25, -0.2) is 8.78 Å². The highest BCUT2D eigenvalue weighted by molar-refractivity contribution is 5.99. The average Bonchev–Trinajstić information content (AvgIpc) is 2.70. The van der Waals surface area contributed by atoms with Gasteiger partial charge in [-0.15, -0.1) is 0 Å². The summed E-state index contributed by atoms with van der Waals surface area (Å²) in [5.74, 6) is -3.71. The zero-order chi connectivity index (χ0) is 21.6. The molecule has 1 aromatic carbocycles. The number of fused-ring (bicyclic) bond motifs is 2. The third-order valence-electron chi connectivity index (χ3n) is 5.20. The first-order valence-electron chi connectivity index (χ1n) is 9.37. The molecule has 0 saturated carbocycles. The number of hydrogen-bond acceptors (Lipinski definition) is 5. The molecule has 1 aromatic heterocycles. The van der Waals surface area contributed by atoms with Crippen molar-refractivity contribution in [3.05, 3.63) is 63.1 Å². The maximum absolute atomic E-state index is 13.7. The van der Waals surface area contributed by atoms with Crippen molar-refractivity contribution in [3.8, 4) is 5.75 Å². The molecule has 1 saturated heterocycles. The van der Waals surface area contributed by atoms with E-state index < -0.39 is 46.4 Å². The number of halogens is 2. The molecule has 8 nitrogen and oxygen atoms in total. The molecule has 1 fully saturated rings. The minimum Gasteiger partial charge on any atom is -0.503 e. The molecule has 2 aliphatic rings. The van der Waals surface area contributed by atoms with E-state index in [1.54, 1.807) is 0 Å². The summed E-state index contributed by atoms with van der Waals surface area (Å²) in [6, 6.07) is 2.91. The van der Waals surface area contributed by atoms with E-state index in [0.29, 0.717) is 19.2 Å². The number of aromatic nitrogens is 1. The summed E-state index contributed by atoms with van der Waals surface area (Å²) in [4.78, 5) is 39.3. The minimum atomic E-state index is -1.00. The molecule has 0 radical (unpaired) electrons. The van der Waals surface area contributed by atoms with Crippen molar-refractivity contribution in [1.29, 1.82) is 0 Å². The van der Waals surface area contributed by atoms with Gasteiger partial charge in [-0.05, 0) is 12.0 Å². The van der Waals surface area contributed by atoms with Gasteiger partial charge in [0.15, 0.2) is 17.7 Å². The van der Waals surface area contributed by atoms with Gasteiger partial charge in [0.1, 0.15) is 17.2 Å². The van der Waals surface area contributed by atoms with E-state index in [2.05, 4.69) is 5.32 Å². The number of carbonyl (C=O) groups is 2. The fourth-order valence-electron chi connectivity index (χ4n) is 3.66. The zero-order valence-electron chi connectivity index (χ0n) is 16.0. The van der Waals surface area contributed by atoms with Crippen LogP contribution in [-0.2, 0) is 17.8 Å². The maximum Gasteiger partial charge on any atom is 0.276 e. The molecular formula is C20H19F2N3O5. The van der Waals surface area contributed by atoms with Crippen molar-refractivity contribution in [2.45, 2.75) is 26.2 Å². The van der Waals surface area contributed by atoms with Crippen LogP contribution >= 0.6 is 0 Å². The molecule has 10 heteroatoms. The van der Waals surface area contributed by atoms with Gasteiger partial charge in [-0.3, -0.25) is 14.4 Å². The van der Waals surface area contributed by atoms with Gasteiger partial charge >= 0.3 is 0 Å². The zero-order valence-corrected chi connectivity index (χ0v) is 16.0. The smallest absolute Gasteiger partial charge is 0.276 e. The summed E-state index contributed by atoms with van der Waals surface area (Å²) in [5, 5.41) is 12.7. The Morgan fingerprint density at radius 1 is 1.30 bits per heavy atom. The van der Waals surface area contributed by atoms with E-state index in [1.165, 1.54) is 21.7 Å². The van der Waals surface area contributed by atoms with Crippen LogP contribution in [0.2, 0.25) is 0 Å². The van der Waals surface area contributed by atoms with Crippen LogP contribution in [0.3, 0.4) is 0 Å². The lowest BCUT2D eigenvalue weighted by atomic mass is 10.1. The highest BCUT2D eigenvalue weighted by Crippen LogP contribution is 2.27. The molecule has 3 heterocycles. The number of carbonyl (C=O) groups excluding carboxylic acids is 2. The van der Waals surface area contributed by atoms with Crippen LogP contribution in [0, 0.1) is 17.6 Å². The molecule has 4 rings (SSSR count). The molecule has 0 spiro atoms. The monoisotopic (exact) mass is 419 g/mol. The first kappa shape index (κ1) is 20.0. The van der Waals surface area contributed by atoms with Crippen LogP contribution in [-0.4, -0.2) is 45.8 Å². The molecule has 158 valence electrons. The van der Waals surface area contributed by atoms with Crippen LogP contribution in [0.15, 0.2) is 29.2 Å². The number of amides is 2. The summed E-state index contributed by atoms with van der Waals surface area (Å²) in [6.07, 6.45) is 0.622. The predicted octanol–water partition coefficient (Wildman–Crippen LogP) is 1.21. The Labute approximate surface area is 169 Å². The van der Waals surface area contributed by atoms with Crippen molar-refractivity contribution in [3.63, 3.8) is 0 Å². The van der Waals surface area contributed by atoms with Gasteiger partial charge < -0.3 is 24.6 Å². The number of pyridine rings is 1. The number of benzene rings is 1. The van der Waals surface area contributed by atoms with Crippen LogP contribution in [0.25, 0.3) is 0 Å². The summed E-state index contributed by atoms with van der Waals surface area (Å²) < 4.78 is 33.7. The molecular weight excluding hydrogens is 400 g/mol. The van der Waals surface area contributed by atoms with Gasteiger partial charge in [-0.2, -0.15) is 0 Å². The second kappa shape index (κ2) is 7.52. The molecule has 2 atom stereocenters. The van der Waals surface area contributed by atoms with Crippen LogP contribution < -0.4 is 10.7 Å². The Morgan fingerprint density at radius 3 is 2.80 bits per heavy atom. The molecule has 0 unspecified atom stereocenters. The number of nitrogens with zero attached hydrogens (tertiary/aromatic N) is 2. The Morgan fingerprint density at radius 2 is 2.07 bits per heavy atom. The number of rotatable bonds is 3. The number of nitrogens with one attached hydrogen (secondary N) is 1. The second-order valence-electron chi connectivity index (χ2n) is 7.49. The molecule has 2 aliphatic heterocycles. The minimum absolute atomic E-state index is 0.0302. The Kier molecular flexibility index (Phi) is 5.02. The molecule has 30 heavy (non-hydrogen) atoms. The SMILES string of the molecule is C[C@H]1CO[C@H]2Cn3cc(C(=O)NCc4ccc(F)cc4F)c(=O)c(O)c3C(=O)N2C1. The lowest BCUT2D eigenvalue weighted by molar-refractivity contribution is -0.111. The van der Waals surface area contributed by atoms with Crippen molar-refractivity contribution in [2.24, 2.45) is 5.92 Å². The fraction of sp³-hybridized carbons (Fsp3) is 0.350. The topological polar surface area (TPSA) is 101 Å². The highest BCUT2D eigenvalue weighted by Gasteiger charge is 2.39. The summed E-state index contributed by atoms with van der Waals surface area (Å²) >= 11 is 0. The van der Waals surface area contributed by atoms with Crippen LogP contribution in [0.5, 0.6) is 5.75 Å². The second-order valence-corrected chi connectivity index (χ2v) is 7.49. The summed E-state index contributed by atoms with van der Waals surface area (Å²) in [7, 11) is 0. The number of aromatic hydroxyl groups is 1. The molecule has 2 N–H and O–H groups in total. The molecule has 2 aromatic rings. The normalized spacial score (nSPS) is 20.5. The lowest BCUT2D eigenvalue weighted by Gasteiger charge is -2.42. The third kappa shape index (κ3) is 3.43. The van der Waals surface area contributed by atoms with E-state index in [-0.39, 0.29) is 30.3 Å². The Bertz CT molecular complexity index is 1100. The quantitative estimate of drug-likeness (QED) is 0.779. The number of hydrogen-bond donors (Lipinski definition) is 2.